The van der Waals surface area contributed by atoms with Crippen LogP contribution in [-0.4, -0.2) is 16.1 Å². The van der Waals surface area contributed by atoms with Gasteiger partial charge in [-0.25, -0.2) is 9.78 Å². The summed E-state index contributed by atoms with van der Waals surface area (Å²) in [5, 5.41) is 8.81. The number of pyridine rings is 1. The van der Waals surface area contributed by atoms with Crippen molar-refractivity contribution in [2.75, 3.05) is 0 Å². The quantitative estimate of drug-likeness (QED) is 0.879. The first-order valence-corrected chi connectivity index (χ1v) is 5.09. The Balaban J connectivity index is 2.28. The highest BCUT2D eigenvalue weighted by Crippen LogP contribution is 2.24. The third kappa shape index (κ3) is 2.60. The fraction of sp³-hybridized carbons (Fsp3) is 0.0769. The van der Waals surface area contributed by atoms with Crippen LogP contribution in [0.5, 0.6) is 11.5 Å². The van der Waals surface area contributed by atoms with E-state index in [1.54, 1.807) is 6.07 Å². The fourth-order valence-corrected chi connectivity index (χ4v) is 1.39. The molecule has 0 atom stereocenters. The number of benzene rings is 1. The summed E-state index contributed by atoms with van der Waals surface area (Å²) in [6.07, 6.45) is 1.41. The number of aryl methyl sites for hydroxylation is 1. The highest BCUT2D eigenvalue weighted by Gasteiger charge is 2.06. The van der Waals surface area contributed by atoms with Crippen molar-refractivity contribution in [2.24, 2.45) is 0 Å². The zero-order chi connectivity index (χ0) is 12.3. The van der Waals surface area contributed by atoms with Crippen molar-refractivity contribution in [1.82, 2.24) is 4.98 Å². The van der Waals surface area contributed by atoms with E-state index in [1.165, 1.54) is 12.3 Å². The summed E-state index contributed by atoms with van der Waals surface area (Å²) in [5.74, 6) is 0.0990. The molecular weight excluding hydrogens is 218 g/mol. The fourth-order valence-electron chi connectivity index (χ4n) is 1.39. The molecule has 0 fully saturated rings. The minimum atomic E-state index is -1.07. The molecule has 0 unspecified atom stereocenters. The van der Waals surface area contributed by atoms with Gasteiger partial charge in [-0.15, -0.1) is 0 Å². The summed E-state index contributed by atoms with van der Waals surface area (Å²) in [5.41, 5.74) is 0.956. The van der Waals surface area contributed by atoms with Crippen molar-refractivity contribution in [3.8, 4) is 11.5 Å². The van der Waals surface area contributed by atoms with Crippen molar-refractivity contribution in [2.45, 2.75) is 6.92 Å². The lowest BCUT2D eigenvalue weighted by Gasteiger charge is -2.08. The smallest absolute Gasteiger partial charge is 0.354 e. The minimum absolute atomic E-state index is 0.0314. The molecule has 2 aromatic rings. The molecule has 17 heavy (non-hydrogen) atoms. The van der Waals surface area contributed by atoms with Crippen LogP contribution in [-0.2, 0) is 0 Å². The van der Waals surface area contributed by atoms with Gasteiger partial charge in [0.15, 0.2) is 5.69 Å². The van der Waals surface area contributed by atoms with Crippen LogP contribution in [0.1, 0.15) is 16.1 Å². The number of hydrogen-bond donors (Lipinski definition) is 1. The van der Waals surface area contributed by atoms with E-state index in [0.717, 1.165) is 5.56 Å². The third-order valence-electron chi connectivity index (χ3n) is 2.27. The van der Waals surface area contributed by atoms with Crippen LogP contribution < -0.4 is 4.74 Å². The van der Waals surface area contributed by atoms with Gasteiger partial charge in [0.05, 0.1) is 0 Å². The zero-order valence-electron chi connectivity index (χ0n) is 9.25. The van der Waals surface area contributed by atoms with Crippen molar-refractivity contribution >= 4 is 5.97 Å². The second-order valence-electron chi connectivity index (χ2n) is 3.55. The number of carbonyl (C=O) groups is 1. The van der Waals surface area contributed by atoms with Gasteiger partial charge in [-0.3, -0.25) is 0 Å². The number of carboxylic acid groups (broad SMARTS) is 1. The van der Waals surface area contributed by atoms with Crippen LogP contribution in [0.3, 0.4) is 0 Å². The summed E-state index contributed by atoms with van der Waals surface area (Å²) in [4.78, 5) is 14.5. The average molecular weight is 229 g/mol. The van der Waals surface area contributed by atoms with Gasteiger partial charge in [0.1, 0.15) is 11.5 Å². The normalized spacial score (nSPS) is 9.94. The molecule has 0 saturated carbocycles. The first kappa shape index (κ1) is 11.1. The van der Waals surface area contributed by atoms with E-state index in [9.17, 15) is 4.79 Å². The molecule has 0 radical (unpaired) electrons. The maximum absolute atomic E-state index is 10.8. The van der Waals surface area contributed by atoms with E-state index in [4.69, 9.17) is 9.84 Å². The molecule has 1 aromatic carbocycles. The number of para-hydroxylation sites is 1. The molecule has 0 spiro atoms. The monoisotopic (exact) mass is 229 g/mol. The number of aromatic nitrogens is 1. The maximum Gasteiger partial charge on any atom is 0.354 e. The summed E-state index contributed by atoms with van der Waals surface area (Å²) in [6.45, 7) is 1.93. The van der Waals surface area contributed by atoms with Crippen LogP contribution >= 0.6 is 0 Å². The second-order valence-corrected chi connectivity index (χ2v) is 3.55. The zero-order valence-corrected chi connectivity index (χ0v) is 9.25. The van der Waals surface area contributed by atoms with Gasteiger partial charge < -0.3 is 9.84 Å². The topological polar surface area (TPSA) is 59.4 Å². The molecule has 0 saturated heterocycles. The molecule has 4 heteroatoms. The SMILES string of the molecule is Cc1ccccc1Oc1ccnc(C(=O)O)c1. The molecule has 0 aliphatic rings. The number of hydrogen-bond acceptors (Lipinski definition) is 3. The van der Waals surface area contributed by atoms with Crippen LogP contribution in [0.4, 0.5) is 0 Å². The van der Waals surface area contributed by atoms with Crippen LogP contribution in [0, 0.1) is 6.92 Å². The molecule has 1 heterocycles. The minimum Gasteiger partial charge on any atom is -0.477 e. The standard InChI is InChI=1S/C13H11NO3/c1-9-4-2-3-5-12(9)17-10-6-7-14-11(8-10)13(15)16/h2-8H,1H3,(H,15,16). The molecule has 86 valence electrons. The van der Waals surface area contributed by atoms with Crippen molar-refractivity contribution in [3.05, 3.63) is 53.9 Å². The van der Waals surface area contributed by atoms with Gasteiger partial charge in [0, 0.05) is 12.3 Å². The number of ether oxygens (including phenoxy) is 1. The molecule has 0 aliphatic heterocycles. The molecule has 0 aliphatic carbocycles. The van der Waals surface area contributed by atoms with E-state index in [-0.39, 0.29) is 5.69 Å². The molecule has 1 N–H and O–H groups in total. The summed E-state index contributed by atoms with van der Waals surface area (Å²) in [7, 11) is 0. The highest BCUT2D eigenvalue weighted by atomic mass is 16.5. The lowest BCUT2D eigenvalue weighted by molar-refractivity contribution is 0.0690. The molecule has 1 aromatic heterocycles. The Hall–Kier alpha value is -2.36. The van der Waals surface area contributed by atoms with Gasteiger partial charge in [-0.2, -0.15) is 0 Å². The summed E-state index contributed by atoms with van der Waals surface area (Å²) >= 11 is 0. The van der Waals surface area contributed by atoms with Gasteiger partial charge in [0.25, 0.3) is 0 Å². The van der Waals surface area contributed by atoms with Crippen molar-refractivity contribution in [3.63, 3.8) is 0 Å². The third-order valence-corrected chi connectivity index (χ3v) is 2.27. The first-order chi connectivity index (χ1) is 8.16. The van der Waals surface area contributed by atoms with E-state index in [0.29, 0.717) is 11.5 Å². The number of rotatable bonds is 3. The van der Waals surface area contributed by atoms with E-state index in [1.807, 2.05) is 31.2 Å². The van der Waals surface area contributed by atoms with Crippen LogP contribution in [0.25, 0.3) is 0 Å². The lowest BCUT2D eigenvalue weighted by atomic mass is 10.2. The Bertz CT molecular complexity index is 552. The van der Waals surface area contributed by atoms with Crippen molar-refractivity contribution in [1.29, 1.82) is 0 Å². The van der Waals surface area contributed by atoms with E-state index in [2.05, 4.69) is 4.98 Å². The summed E-state index contributed by atoms with van der Waals surface area (Å²) in [6, 6.07) is 10.6. The Morgan fingerprint density at radius 3 is 2.76 bits per heavy atom. The van der Waals surface area contributed by atoms with Gasteiger partial charge in [-0.05, 0) is 24.6 Å². The number of carboxylic acids is 1. The van der Waals surface area contributed by atoms with Crippen LogP contribution in [0.15, 0.2) is 42.6 Å². The Morgan fingerprint density at radius 1 is 1.29 bits per heavy atom. The van der Waals surface area contributed by atoms with Crippen molar-refractivity contribution < 1.29 is 14.6 Å². The molecular formula is C13H11NO3. The molecule has 4 nitrogen and oxygen atoms in total. The largest absolute Gasteiger partial charge is 0.477 e. The van der Waals surface area contributed by atoms with Gasteiger partial charge >= 0.3 is 5.97 Å². The van der Waals surface area contributed by atoms with Gasteiger partial charge in [-0.1, -0.05) is 18.2 Å². The Kier molecular flexibility index (Phi) is 3.05. The number of nitrogens with zero attached hydrogens (tertiary/aromatic N) is 1. The molecule has 2 rings (SSSR count). The molecule has 0 bridgehead atoms. The predicted octanol–water partition coefficient (Wildman–Crippen LogP) is 2.88. The second kappa shape index (κ2) is 4.65. The Morgan fingerprint density at radius 2 is 2.06 bits per heavy atom. The highest BCUT2D eigenvalue weighted by molar-refractivity contribution is 5.85. The maximum atomic E-state index is 10.8. The van der Waals surface area contributed by atoms with Crippen LogP contribution in [0.2, 0.25) is 0 Å². The summed E-state index contributed by atoms with van der Waals surface area (Å²) < 4.78 is 5.60. The predicted molar refractivity (Wildman–Crippen MR) is 62.4 cm³/mol. The number of aromatic carboxylic acids is 1. The average Bonchev–Trinajstić information content (AvgIpc) is 2.32. The lowest BCUT2D eigenvalue weighted by Crippen LogP contribution is -1.99. The van der Waals surface area contributed by atoms with Gasteiger partial charge in [0.2, 0.25) is 0 Å². The Labute approximate surface area is 98.5 Å². The first-order valence-electron chi connectivity index (χ1n) is 5.09. The molecule has 0 amide bonds. The van der Waals surface area contributed by atoms with E-state index < -0.39 is 5.97 Å². The van der Waals surface area contributed by atoms with E-state index >= 15 is 0 Å².